The van der Waals surface area contributed by atoms with E-state index in [1.54, 1.807) is 7.11 Å². The van der Waals surface area contributed by atoms with Crippen molar-refractivity contribution in [3.63, 3.8) is 0 Å². The summed E-state index contributed by atoms with van der Waals surface area (Å²) in [5.41, 5.74) is 2.72. The molecule has 0 spiro atoms. The summed E-state index contributed by atoms with van der Waals surface area (Å²) >= 11 is 0. The molecule has 1 aromatic heterocycles. The first-order valence-electron chi connectivity index (χ1n) is 6.36. The Labute approximate surface area is 115 Å². The standard InChI is InChI=1S/C13H25N5O/c1-9(13(2,3)4)18(5)12-7-10(17-14)15-11(16-12)8-19-6/h7,9H,8,14H2,1-6H3,(H,15,16,17). The summed E-state index contributed by atoms with van der Waals surface area (Å²) in [5.74, 6) is 7.48. The number of nitrogens with zero attached hydrogens (tertiary/aromatic N) is 3. The Hall–Kier alpha value is -1.40. The number of nitrogen functional groups attached to an aromatic ring is 1. The fourth-order valence-electron chi connectivity index (χ4n) is 1.71. The van der Waals surface area contributed by atoms with E-state index < -0.39 is 0 Å². The van der Waals surface area contributed by atoms with Crippen molar-refractivity contribution < 1.29 is 4.74 Å². The molecule has 1 aromatic rings. The van der Waals surface area contributed by atoms with E-state index in [-0.39, 0.29) is 5.41 Å². The molecule has 0 bridgehead atoms. The molecule has 0 amide bonds. The van der Waals surface area contributed by atoms with Gasteiger partial charge in [0.05, 0.1) is 0 Å². The fourth-order valence-corrected chi connectivity index (χ4v) is 1.71. The summed E-state index contributed by atoms with van der Waals surface area (Å²) in [5, 5.41) is 0. The monoisotopic (exact) mass is 267 g/mol. The van der Waals surface area contributed by atoms with E-state index >= 15 is 0 Å². The maximum atomic E-state index is 5.45. The lowest BCUT2D eigenvalue weighted by molar-refractivity contribution is 0.178. The van der Waals surface area contributed by atoms with Gasteiger partial charge < -0.3 is 15.1 Å². The van der Waals surface area contributed by atoms with Gasteiger partial charge in [0, 0.05) is 26.3 Å². The van der Waals surface area contributed by atoms with E-state index in [0.717, 1.165) is 5.82 Å². The van der Waals surface area contributed by atoms with Gasteiger partial charge in [-0.1, -0.05) is 20.8 Å². The van der Waals surface area contributed by atoms with Crippen molar-refractivity contribution in [2.24, 2.45) is 11.3 Å². The maximum Gasteiger partial charge on any atom is 0.158 e. The smallest absolute Gasteiger partial charge is 0.158 e. The van der Waals surface area contributed by atoms with Gasteiger partial charge in [0.1, 0.15) is 18.2 Å². The zero-order valence-electron chi connectivity index (χ0n) is 12.7. The number of nitrogens with one attached hydrogen (secondary N) is 1. The summed E-state index contributed by atoms with van der Waals surface area (Å²) in [7, 11) is 3.64. The highest BCUT2D eigenvalue weighted by Gasteiger charge is 2.25. The number of hydrazine groups is 1. The zero-order valence-corrected chi connectivity index (χ0v) is 12.7. The fraction of sp³-hybridized carbons (Fsp3) is 0.692. The third-order valence-electron chi connectivity index (χ3n) is 3.38. The Morgan fingerprint density at radius 2 is 2.05 bits per heavy atom. The van der Waals surface area contributed by atoms with Crippen LogP contribution in [0.4, 0.5) is 11.6 Å². The van der Waals surface area contributed by atoms with Crippen LogP contribution < -0.4 is 16.2 Å². The van der Waals surface area contributed by atoms with Gasteiger partial charge in [-0.25, -0.2) is 15.8 Å². The lowest BCUT2D eigenvalue weighted by Crippen LogP contribution is -2.40. The minimum atomic E-state index is 0.150. The summed E-state index contributed by atoms with van der Waals surface area (Å²) in [6, 6.07) is 2.16. The van der Waals surface area contributed by atoms with Crippen LogP contribution in [-0.2, 0) is 11.3 Å². The molecule has 1 heterocycles. The van der Waals surface area contributed by atoms with Crippen LogP contribution >= 0.6 is 0 Å². The number of hydrogen-bond acceptors (Lipinski definition) is 6. The van der Waals surface area contributed by atoms with Crippen molar-refractivity contribution in [2.75, 3.05) is 24.5 Å². The van der Waals surface area contributed by atoms with Gasteiger partial charge >= 0.3 is 0 Å². The van der Waals surface area contributed by atoms with Gasteiger partial charge in [-0.15, -0.1) is 0 Å². The Morgan fingerprint density at radius 1 is 1.42 bits per heavy atom. The molecular weight excluding hydrogens is 242 g/mol. The van der Waals surface area contributed by atoms with Crippen molar-refractivity contribution in [1.82, 2.24) is 9.97 Å². The molecule has 0 saturated carbocycles. The molecule has 19 heavy (non-hydrogen) atoms. The number of anilines is 2. The average Bonchev–Trinajstić information content (AvgIpc) is 2.35. The second kappa shape index (κ2) is 6.16. The molecule has 0 aliphatic heterocycles. The predicted molar refractivity (Wildman–Crippen MR) is 77.9 cm³/mol. The van der Waals surface area contributed by atoms with E-state index in [1.165, 1.54) is 0 Å². The Balaban J connectivity index is 3.07. The molecule has 0 radical (unpaired) electrons. The van der Waals surface area contributed by atoms with E-state index in [4.69, 9.17) is 10.6 Å². The van der Waals surface area contributed by atoms with Crippen LogP contribution in [0.15, 0.2) is 6.07 Å². The minimum Gasteiger partial charge on any atom is -0.377 e. The number of aromatic nitrogens is 2. The van der Waals surface area contributed by atoms with Crippen LogP contribution in [0.2, 0.25) is 0 Å². The molecular formula is C13H25N5O. The molecule has 1 atom stereocenters. The molecule has 108 valence electrons. The van der Waals surface area contributed by atoms with E-state index in [9.17, 15) is 0 Å². The number of methoxy groups -OCH3 is 1. The SMILES string of the molecule is COCc1nc(NN)cc(N(C)C(C)C(C)(C)C)n1. The van der Waals surface area contributed by atoms with E-state index in [1.807, 2.05) is 13.1 Å². The van der Waals surface area contributed by atoms with Gasteiger partial charge in [0.2, 0.25) is 0 Å². The Morgan fingerprint density at radius 3 is 2.53 bits per heavy atom. The highest BCUT2D eigenvalue weighted by Crippen LogP contribution is 2.27. The van der Waals surface area contributed by atoms with Crippen molar-refractivity contribution in [1.29, 1.82) is 0 Å². The lowest BCUT2D eigenvalue weighted by atomic mass is 9.87. The Bertz CT molecular complexity index is 416. The van der Waals surface area contributed by atoms with Gasteiger partial charge in [-0.3, -0.25) is 0 Å². The molecule has 1 rings (SSSR count). The highest BCUT2D eigenvalue weighted by atomic mass is 16.5. The normalized spacial score (nSPS) is 13.2. The number of nitrogens with two attached hydrogens (primary N) is 1. The largest absolute Gasteiger partial charge is 0.377 e. The van der Waals surface area contributed by atoms with Crippen LogP contribution in [0.25, 0.3) is 0 Å². The predicted octanol–water partition coefficient (Wildman–Crippen LogP) is 1.78. The number of rotatable bonds is 5. The molecule has 0 saturated heterocycles. The molecule has 0 aliphatic rings. The summed E-state index contributed by atoms with van der Waals surface area (Å²) in [6.45, 7) is 9.14. The van der Waals surface area contributed by atoms with E-state index in [2.05, 4.69) is 48.0 Å². The molecule has 6 nitrogen and oxygen atoms in total. The van der Waals surface area contributed by atoms with Crippen molar-refractivity contribution in [3.05, 3.63) is 11.9 Å². The first-order chi connectivity index (χ1) is 8.79. The molecule has 6 heteroatoms. The third kappa shape index (κ3) is 4.04. The molecule has 0 aliphatic carbocycles. The van der Waals surface area contributed by atoms with Crippen molar-refractivity contribution in [3.8, 4) is 0 Å². The first-order valence-corrected chi connectivity index (χ1v) is 6.36. The van der Waals surface area contributed by atoms with Crippen LogP contribution in [0.5, 0.6) is 0 Å². The average molecular weight is 267 g/mol. The first kappa shape index (κ1) is 15.7. The lowest BCUT2D eigenvalue weighted by Gasteiger charge is -2.36. The number of hydrogen-bond donors (Lipinski definition) is 2. The van der Waals surface area contributed by atoms with Gasteiger partial charge in [-0.2, -0.15) is 0 Å². The zero-order chi connectivity index (χ0) is 14.6. The molecule has 1 unspecified atom stereocenters. The quantitative estimate of drug-likeness (QED) is 0.625. The summed E-state index contributed by atoms with van der Waals surface area (Å²) in [6.07, 6.45) is 0. The summed E-state index contributed by atoms with van der Waals surface area (Å²) in [4.78, 5) is 10.9. The summed E-state index contributed by atoms with van der Waals surface area (Å²) < 4.78 is 5.08. The van der Waals surface area contributed by atoms with E-state index in [0.29, 0.717) is 24.3 Å². The van der Waals surface area contributed by atoms with Crippen molar-refractivity contribution >= 4 is 11.6 Å². The molecule has 0 fully saturated rings. The van der Waals surface area contributed by atoms with Crippen LogP contribution in [-0.4, -0.2) is 30.2 Å². The van der Waals surface area contributed by atoms with Gasteiger partial charge in [-0.05, 0) is 12.3 Å². The second-order valence-electron chi connectivity index (χ2n) is 5.76. The number of ether oxygens (including phenoxy) is 1. The van der Waals surface area contributed by atoms with Crippen LogP contribution in [0.1, 0.15) is 33.5 Å². The van der Waals surface area contributed by atoms with Crippen LogP contribution in [0, 0.1) is 5.41 Å². The topological polar surface area (TPSA) is 76.3 Å². The maximum absolute atomic E-state index is 5.45. The van der Waals surface area contributed by atoms with Gasteiger partial charge in [0.25, 0.3) is 0 Å². The van der Waals surface area contributed by atoms with Crippen molar-refractivity contribution in [2.45, 2.75) is 40.3 Å². The third-order valence-corrected chi connectivity index (χ3v) is 3.38. The van der Waals surface area contributed by atoms with Gasteiger partial charge in [0.15, 0.2) is 5.82 Å². The second-order valence-corrected chi connectivity index (χ2v) is 5.76. The highest BCUT2D eigenvalue weighted by molar-refractivity contribution is 5.49. The van der Waals surface area contributed by atoms with Crippen LogP contribution in [0.3, 0.4) is 0 Å². The minimum absolute atomic E-state index is 0.150. The molecule has 3 N–H and O–H groups in total. The Kier molecular flexibility index (Phi) is 5.08. The molecule has 0 aromatic carbocycles.